The molecule has 0 aliphatic heterocycles. The van der Waals surface area contributed by atoms with Crippen LogP contribution in [0.1, 0.15) is 19.4 Å². The Balaban J connectivity index is 2.33. The van der Waals surface area contributed by atoms with Crippen molar-refractivity contribution in [3.63, 3.8) is 0 Å². The summed E-state index contributed by atoms with van der Waals surface area (Å²) in [7, 11) is 0. The first kappa shape index (κ1) is 15.8. The summed E-state index contributed by atoms with van der Waals surface area (Å²) in [6.07, 6.45) is 0.741. The van der Waals surface area contributed by atoms with Gasteiger partial charge >= 0.3 is 0 Å². The second-order valence-corrected chi connectivity index (χ2v) is 5.59. The molecule has 2 rings (SSSR count). The van der Waals surface area contributed by atoms with Crippen LogP contribution in [0.25, 0.3) is 0 Å². The van der Waals surface area contributed by atoms with Gasteiger partial charge in [0.1, 0.15) is 5.82 Å². The Hall–Kier alpha value is -1.58. The smallest absolute Gasteiger partial charge is 0.125 e. The molecule has 21 heavy (non-hydrogen) atoms. The summed E-state index contributed by atoms with van der Waals surface area (Å²) in [5.41, 5.74) is 8.61. The Morgan fingerprint density at radius 2 is 1.90 bits per heavy atom. The van der Waals surface area contributed by atoms with Crippen LogP contribution in [0.5, 0.6) is 0 Å². The van der Waals surface area contributed by atoms with Gasteiger partial charge in [0.25, 0.3) is 0 Å². The van der Waals surface area contributed by atoms with Gasteiger partial charge in [0.05, 0.1) is 0 Å². The van der Waals surface area contributed by atoms with Gasteiger partial charge in [-0.25, -0.2) is 4.39 Å². The van der Waals surface area contributed by atoms with Crippen LogP contribution in [-0.2, 0) is 6.42 Å². The summed E-state index contributed by atoms with van der Waals surface area (Å²) in [5, 5.41) is 0.694. The fraction of sp³-hybridized carbons (Fsp3) is 0.294. The van der Waals surface area contributed by atoms with Gasteiger partial charge in [-0.1, -0.05) is 23.7 Å². The quantitative estimate of drug-likeness (QED) is 0.879. The van der Waals surface area contributed by atoms with Gasteiger partial charge in [0.2, 0.25) is 0 Å². The van der Waals surface area contributed by atoms with E-state index in [0.717, 1.165) is 29.9 Å². The predicted octanol–water partition coefficient (Wildman–Crippen LogP) is 4.53. The van der Waals surface area contributed by atoms with Gasteiger partial charge in [-0.15, -0.1) is 0 Å². The zero-order chi connectivity index (χ0) is 15.4. The second-order valence-electron chi connectivity index (χ2n) is 5.18. The molecule has 0 bridgehead atoms. The lowest BCUT2D eigenvalue weighted by molar-refractivity contribution is 0.627. The minimum atomic E-state index is -0.245. The van der Waals surface area contributed by atoms with Crippen molar-refractivity contribution in [2.45, 2.75) is 26.3 Å². The highest BCUT2D eigenvalue weighted by atomic mass is 35.5. The first-order chi connectivity index (χ1) is 10.0. The third-order valence-corrected chi connectivity index (χ3v) is 3.68. The van der Waals surface area contributed by atoms with Crippen molar-refractivity contribution in [1.82, 2.24) is 0 Å². The standard InChI is InChI=1S/C17H20ClFN2/c1-3-21(15-6-4-5-14(19)10-15)16-8-7-13(9-12(2)20)17(18)11-16/h4-8,10-12H,3,9,20H2,1-2H3. The molecule has 0 aromatic heterocycles. The van der Waals surface area contributed by atoms with Crippen LogP contribution in [0, 0.1) is 5.82 Å². The minimum Gasteiger partial charge on any atom is -0.342 e. The summed E-state index contributed by atoms with van der Waals surface area (Å²) in [6.45, 7) is 4.70. The van der Waals surface area contributed by atoms with Gasteiger partial charge in [-0.2, -0.15) is 0 Å². The van der Waals surface area contributed by atoms with E-state index in [-0.39, 0.29) is 11.9 Å². The molecule has 1 atom stereocenters. The molecule has 2 aromatic carbocycles. The van der Waals surface area contributed by atoms with Crippen LogP contribution in [-0.4, -0.2) is 12.6 Å². The number of nitrogens with two attached hydrogens (primary N) is 1. The molecule has 0 saturated carbocycles. The highest BCUT2D eigenvalue weighted by Gasteiger charge is 2.11. The van der Waals surface area contributed by atoms with E-state index in [9.17, 15) is 4.39 Å². The minimum absolute atomic E-state index is 0.0684. The van der Waals surface area contributed by atoms with E-state index in [0.29, 0.717) is 5.02 Å². The van der Waals surface area contributed by atoms with E-state index in [1.165, 1.54) is 12.1 Å². The summed E-state index contributed by atoms with van der Waals surface area (Å²) >= 11 is 6.34. The molecule has 0 aliphatic carbocycles. The van der Waals surface area contributed by atoms with Gasteiger partial charge < -0.3 is 10.6 Å². The number of rotatable bonds is 5. The Morgan fingerprint density at radius 1 is 1.19 bits per heavy atom. The van der Waals surface area contributed by atoms with Gasteiger partial charge in [-0.05, 0) is 56.2 Å². The summed E-state index contributed by atoms with van der Waals surface area (Å²) in [6, 6.07) is 12.5. The van der Waals surface area contributed by atoms with E-state index in [4.69, 9.17) is 17.3 Å². The zero-order valence-corrected chi connectivity index (χ0v) is 13.1. The van der Waals surface area contributed by atoms with Crippen molar-refractivity contribution in [1.29, 1.82) is 0 Å². The lowest BCUT2D eigenvalue weighted by Gasteiger charge is -2.24. The van der Waals surface area contributed by atoms with Crippen molar-refractivity contribution in [3.05, 3.63) is 58.9 Å². The van der Waals surface area contributed by atoms with Crippen LogP contribution in [0.2, 0.25) is 5.02 Å². The highest BCUT2D eigenvalue weighted by molar-refractivity contribution is 6.31. The summed E-state index contributed by atoms with van der Waals surface area (Å²) < 4.78 is 13.4. The monoisotopic (exact) mass is 306 g/mol. The van der Waals surface area contributed by atoms with Crippen LogP contribution in [0.3, 0.4) is 0 Å². The topological polar surface area (TPSA) is 29.3 Å². The number of anilines is 2. The first-order valence-corrected chi connectivity index (χ1v) is 7.46. The van der Waals surface area contributed by atoms with Gasteiger partial charge in [-0.3, -0.25) is 0 Å². The molecule has 0 aliphatic rings. The summed E-state index contributed by atoms with van der Waals surface area (Å²) in [5.74, 6) is -0.245. The fourth-order valence-corrected chi connectivity index (χ4v) is 2.63. The SMILES string of the molecule is CCN(c1cccc(F)c1)c1ccc(CC(C)N)c(Cl)c1. The lowest BCUT2D eigenvalue weighted by Crippen LogP contribution is -2.19. The van der Waals surface area contributed by atoms with Crippen molar-refractivity contribution < 1.29 is 4.39 Å². The van der Waals surface area contributed by atoms with E-state index in [2.05, 4.69) is 0 Å². The highest BCUT2D eigenvalue weighted by Crippen LogP contribution is 2.30. The second kappa shape index (κ2) is 6.92. The van der Waals surface area contributed by atoms with Crippen LogP contribution in [0.15, 0.2) is 42.5 Å². The number of nitrogens with zero attached hydrogens (tertiary/aromatic N) is 1. The van der Waals surface area contributed by atoms with Gasteiger partial charge in [0.15, 0.2) is 0 Å². The molecule has 4 heteroatoms. The normalized spacial score (nSPS) is 12.2. The van der Waals surface area contributed by atoms with Crippen molar-refractivity contribution in [2.24, 2.45) is 5.73 Å². The number of benzene rings is 2. The molecule has 1 unspecified atom stereocenters. The van der Waals surface area contributed by atoms with Crippen LogP contribution >= 0.6 is 11.6 Å². The molecule has 0 spiro atoms. The molecule has 2 aromatic rings. The maximum Gasteiger partial charge on any atom is 0.125 e. The molecule has 0 saturated heterocycles. The van der Waals surface area contributed by atoms with E-state index >= 15 is 0 Å². The Morgan fingerprint density at radius 3 is 2.48 bits per heavy atom. The van der Waals surface area contributed by atoms with Crippen molar-refractivity contribution >= 4 is 23.0 Å². The molecule has 0 fully saturated rings. The molecule has 2 N–H and O–H groups in total. The van der Waals surface area contributed by atoms with E-state index < -0.39 is 0 Å². The van der Waals surface area contributed by atoms with E-state index in [1.54, 1.807) is 6.07 Å². The Kier molecular flexibility index (Phi) is 5.21. The maximum absolute atomic E-state index is 13.4. The number of hydrogen-bond acceptors (Lipinski definition) is 2. The molecule has 0 heterocycles. The van der Waals surface area contributed by atoms with E-state index in [1.807, 2.05) is 43.0 Å². The number of halogens is 2. The van der Waals surface area contributed by atoms with Crippen LogP contribution < -0.4 is 10.6 Å². The largest absolute Gasteiger partial charge is 0.342 e. The van der Waals surface area contributed by atoms with Crippen LogP contribution in [0.4, 0.5) is 15.8 Å². The number of hydrogen-bond donors (Lipinski definition) is 1. The Labute approximate surface area is 130 Å². The third-order valence-electron chi connectivity index (χ3n) is 3.33. The molecule has 2 nitrogen and oxygen atoms in total. The molecular weight excluding hydrogens is 287 g/mol. The molecule has 0 amide bonds. The average molecular weight is 307 g/mol. The zero-order valence-electron chi connectivity index (χ0n) is 12.3. The fourth-order valence-electron chi connectivity index (χ4n) is 2.37. The third kappa shape index (κ3) is 3.96. The molecule has 112 valence electrons. The Bertz CT molecular complexity index is 613. The molecular formula is C17H20ClFN2. The predicted molar refractivity (Wildman–Crippen MR) is 87.9 cm³/mol. The molecule has 0 radical (unpaired) electrons. The summed E-state index contributed by atoms with van der Waals surface area (Å²) in [4.78, 5) is 2.02. The average Bonchev–Trinajstić information content (AvgIpc) is 2.42. The van der Waals surface area contributed by atoms with Gasteiger partial charge in [0, 0.05) is 29.0 Å². The first-order valence-electron chi connectivity index (χ1n) is 7.08. The lowest BCUT2D eigenvalue weighted by atomic mass is 10.1. The maximum atomic E-state index is 13.4. The van der Waals surface area contributed by atoms with Crippen molar-refractivity contribution in [2.75, 3.05) is 11.4 Å². The van der Waals surface area contributed by atoms with Crippen molar-refractivity contribution in [3.8, 4) is 0 Å².